The minimum atomic E-state index is -0.423. The zero-order valence-corrected chi connectivity index (χ0v) is 12.7. The van der Waals surface area contributed by atoms with Crippen LogP contribution in [0.2, 0.25) is 0 Å². The normalized spacial score (nSPS) is 26.1. The smallest absolute Gasteiger partial charge is 0.140 e. The Balaban J connectivity index is 2.34. The first kappa shape index (κ1) is 12.1. The zero-order valence-electron chi connectivity index (χ0n) is 7.96. The summed E-state index contributed by atoms with van der Waals surface area (Å²) in [7, 11) is 0. The lowest BCUT2D eigenvalue weighted by Gasteiger charge is -2.35. The summed E-state index contributed by atoms with van der Waals surface area (Å²) in [6.45, 7) is 0. The SMILES string of the molecule is O[C@H]1c2ccccc2CC[C@@H]1C(Br)(Br)Br. The molecule has 1 aromatic rings. The Hall–Kier alpha value is 0.620. The van der Waals surface area contributed by atoms with E-state index in [9.17, 15) is 5.11 Å². The van der Waals surface area contributed by atoms with E-state index in [4.69, 9.17) is 0 Å². The van der Waals surface area contributed by atoms with Gasteiger partial charge in [-0.3, -0.25) is 0 Å². The second kappa shape index (κ2) is 4.47. The van der Waals surface area contributed by atoms with Crippen molar-refractivity contribution in [2.24, 2.45) is 5.92 Å². The van der Waals surface area contributed by atoms with Crippen LogP contribution in [0.4, 0.5) is 0 Å². The number of hydrogen-bond acceptors (Lipinski definition) is 1. The van der Waals surface area contributed by atoms with E-state index in [1.54, 1.807) is 0 Å². The summed E-state index contributed by atoms with van der Waals surface area (Å²) in [5, 5.41) is 10.3. The number of aliphatic hydroxyl groups is 1. The largest absolute Gasteiger partial charge is 0.388 e. The minimum absolute atomic E-state index is 0.132. The molecule has 2 atom stereocenters. The van der Waals surface area contributed by atoms with Crippen LogP contribution < -0.4 is 0 Å². The van der Waals surface area contributed by atoms with E-state index in [1.807, 2.05) is 18.2 Å². The molecule has 0 heterocycles. The van der Waals surface area contributed by atoms with Crippen LogP contribution in [0.15, 0.2) is 24.3 Å². The van der Waals surface area contributed by atoms with Crippen LogP contribution in [-0.4, -0.2) is 7.25 Å². The van der Waals surface area contributed by atoms with Gasteiger partial charge in [0.1, 0.15) is 2.14 Å². The molecule has 1 aliphatic carbocycles. The highest BCUT2D eigenvalue weighted by Gasteiger charge is 2.39. The number of alkyl halides is 3. The highest BCUT2D eigenvalue weighted by atomic mass is 80.0. The summed E-state index contributed by atoms with van der Waals surface area (Å²) < 4.78 is -0.375. The predicted octanol–water partition coefficient (Wildman–Crippen LogP) is 4.12. The molecule has 2 rings (SSSR count). The lowest BCUT2D eigenvalue weighted by molar-refractivity contribution is 0.101. The van der Waals surface area contributed by atoms with Crippen molar-refractivity contribution in [2.75, 3.05) is 0 Å². The Kier molecular flexibility index (Phi) is 3.61. The Morgan fingerprint density at radius 2 is 1.87 bits per heavy atom. The fourth-order valence-electron chi connectivity index (χ4n) is 2.08. The number of halogens is 3. The molecule has 0 aliphatic heterocycles. The monoisotopic (exact) mass is 396 g/mol. The lowest BCUT2D eigenvalue weighted by atomic mass is 9.82. The fourth-order valence-corrected chi connectivity index (χ4v) is 3.52. The molecule has 15 heavy (non-hydrogen) atoms. The van der Waals surface area contributed by atoms with E-state index in [2.05, 4.69) is 53.9 Å². The number of benzene rings is 1. The number of aliphatic hydroxyl groups excluding tert-OH is 1. The molecule has 0 saturated carbocycles. The van der Waals surface area contributed by atoms with Gasteiger partial charge in [-0.15, -0.1) is 0 Å². The van der Waals surface area contributed by atoms with Gasteiger partial charge in [0, 0.05) is 5.92 Å². The van der Waals surface area contributed by atoms with Crippen LogP contribution in [-0.2, 0) is 6.42 Å². The summed E-state index contributed by atoms with van der Waals surface area (Å²) >= 11 is 10.5. The molecular formula is C11H11Br3O. The summed E-state index contributed by atoms with van der Waals surface area (Å²) in [6, 6.07) is 8.09. The average Bonchev–Trinajstić information content (AvgIpc) is 2.16. The van der Waals surface area contributed by atoms with E-state index in [-0.39, 0.29) is 8.06 Å². The first-order valence-corrected chi connectivity index (χ1v) is 7.20. The first-order chi connectivity index (χ1) is 7.00. The lowest BCUT2D eigenvalue weighted by Crippen LogP contribution is -2.29. The number of fused-ring (bicyclic) bond motifs is 1. The Labute approximate surface area is 115 Å². The van der Waals surface area contributed by atoms with Gasteiger partial charge >= 0.3 is 0 Å². The zero-order chi connectivity index (χ0) is 11.1. The van der Waals surface area contributed by atoms with Gasteiger partial charge in [0.25, 0.3) is 0 Å². The maximum absolute atomic E-state index is 10.3. The molecule has 0 fully saturated rings. The molecule has 1 aliphatic rings. The average molecular weight is 399 g/mol. The molecule has 1 N–H and O–H groups in total. The topological polar surface area (TPSA) is 20.2 Å². The molecule has 0 bridgehead atoms. The Bertz CT molecular complexity index is 359. The van der Waals surface area contributed by atoms with Gasteiger partial charge in [-0.25, -0.2) is 0 Å². The summed E-state index contributed by atoms with van der Waals surface area (Å²) in [5.74, 6) is 0.132. The molecule has 82 valence electrons. The highest BCUT2D eigenvalue weighted by molar-refractivity contribution is 9.39. The van der Waals surface area contributed by atoms with Crippen molar-refractivity contribution in [2.45, 2.75) is 21.1 Å². The van der Waals surface area contributed by atoms with Crippen molar-refractivity contribution >= 4 is 47.8 Å². The van der Waals surface area contributed by atoms with Crippen LogP contribution in [0.25, 0.3) is 0 Å². The number of rotatable bonds is 0. The molecule has 0 unspecified atom stereocenters. The van der Waals surface area contributed by atoms with Crippen molar-refractivity contribution in [3.8, 4) is 0 Å². The van der Waals surface area contributed by atoms with Crippen molar-refractivity contribution in [3.05, 3.63) is 35.4 Å². The maximum Gasteiger partial charge on any atom is 0.140 e. The second-order valence-corrected chi connectivity index (χ2v) is 10.8. The first-order valence-electron chi connectivity index (χ1n) is 4.82. The summed E-state index contributed by atoms with van der Waals surface area (Å²) in [4.78, 5) is 0. The number of aryl methyl sites for hydroxylation is 1. The van der Waals surface area contributed by atoms with Gasteiger partial charge in [0.05, 0.1) is 6.10 Å². The van der Waals surface area contributed by atoms with Gasteiger partial charge in [0.15, 0.2) is 0 Å². The van der Waals surface area contributed by atoms with E-state index in [0.29, 0.717) is 0 Å². The molecule has 0 aromatic heterocycles. The third-order valence-corrected chi connectivity index (χ3v) is 4.66. The van der Waals surface area contributed by atoms with Crippen LogP contribution in [0.3, 0.4) is 0 Å². The second-order valence-electron chi connectivity index (χ2n) is 3.83. The molecule has 0 saturated heterocycles. The van der Waals surface area contributed by atoms with Gasteiger partial charge in [-0.1, -0.05) is 72.1 Å². The van der Waals surface area contributed by atoms with Crippen LogP contribution in [0.1, 0.15) is 23.7 Å². The van der Waals surface area contributed by atoms with E-state index in [0.717, 1.165) is 18.4 Å². The Morgan fingerprint density at radius 1 is 1.20 bits per heavy atom. The van der Waals surface area contributed by atoms with Gasteiger partial charge in [-0.2, -0.15) is 0 Å². The maximum atomic E-state index is 10.3. The summed E-state index contributed by atoms with van der Waals surface area (Å²) in [5.41, 5.74) is 2.31. The third kappa shape index (κ3) is 2.48. The van der Waals surface area contributed by atoms with Crippen molar-refractivity contribution in [1.29, 1.82) is 0 Å². The van der Waals surface area contributed by atoms with Crippen LogP contribution in [0, 0.1) is 5.92 Å². The van der Waals surface area contributed by atoms with Gasteiger partial charge in [-0.05, 0) is 24.0 Å². The van der Waals surface area contributed by atoms with E-state index >= 15 is 0 Å². The molecule has 4 heteroatoms. The highest BCUT2D eigenvalue weighted by Crippen LogP contribution is 2.50. The molecule has 0 spiro atoms. The molecule has 0 radical (unpaired) electrons. The quantitative estimate of drug-likeness (QED) is 0.652. The third-order valence-electron chi connectivity index (χ3n) is 2.90. The standard InChI is InChI=1S/C11H11Br3O/c12-11(13,14)9-6-5-7-3-1-2-4-8(7)10(9)15/h1-4,9-10,15H,5-6H2/t9-,10-/m0/s1. The minimum Gasteiger partial charge on any atom is -0.388 e. The fraction of sp³-hybridized carbons (Fsp3) is 0.455. The van der Waals surface area contributed by atoms with Gasteiger partial charge < -0.3 is 5.11 Å². The van der Waals surface area contributed by atoms with Crippen LogP contribution in [0.5, 0.6) is 0 Å². The van der Waals surface area contributed by atoms with Gasteiger partial charge in [0.2, 0.25) is 0 Å². The van der Waals surface area contributed by atoms with E-state index < -0.39 is 6.10 Å². The summed E-state index contributed by atoms with van der Waals surface area (Å²) in [6.07, 6.45) is 1.55. The number of hydrogen-bond donors (Lipinski definition) is 1. The Morgan fingerprint density at radius 3 is 2.53 bits per heavy atom. The molecule has 0 amide bonds. The van der Waals surface area contributed by atoms with Crippen LogP contribution >= 0.6 is 47.8 Å². The predicted molar refractivity (Wildman–Crippen MR) is 72.7 cm³/mol. The van der Waals surface area contributed by atoms with Crippen molar-refractivity contribution in [3.63, 3.8) is 0 Å². The molecular weight excluding hydrogens is 388 g/mol. The van der Waals surface area contributed by atoms with Crippen molar-refractivity contribution < 1.29 is 5.11 Å². The van der Waals surface area contributed by atoms with E-state index in [1.165, 1.54) is 5.56 Å². The molecule has 1 aromatic carbocycles. The molecule has 1 nitrogen and oxygen atoms in total. The van der Waals surface area contributed by atoms with Crippen molar-refractivity contribution in [1.82, 2.24) is 0 Å².